The maximum Gasteiger partial charge on any atom is 0.255 e. The van der Waals surface area contributed by atoms with E-state index in [2.05, 4.69) is 10.6 Å². The standard InChI is InChI=1S/C19H28N2O5/c1-6-15-16(14(22)10-26-15)21-18(24)13(9-19(3,4)5)20-17(23)12-7-8-25-11(12)2/h7-8,13,15-16H,6,9-10H2,1-5H3,(H,20,23)(H,21,24)/t13-,15?,16?/m0/s1. The predicted octanol–water partition coefficient (Wildman–Crippen LogP) is 1.99. The highest BCUT2D eigenvalue weighted by Crippen LogP contribution is 2.22. The van der Waals surface area contributed by atoms with Gasteiger partial charge in [-0.2, -0.15) is 0 Å². The Morgan fingerprint density at radius 1 is 1.35 bits per heavy atom. The van der Waals surface area contributed by atoms with Crippen molar-refractivity contribution in [2.24, 2.45) is 5.41 Å². The number of ketones is 1. The van der Waals surface area contributed by atoms with Crippen molar-refractivity contribution in [3.05, 3.63) is 23.7 Å². The van der Waals surface area contributed by atoms with Gasteiger partial charge in [-0.1, -0.05) is 27.7 Å². The summed E-state index contributed by atoms with van der Waals surface area (Å²) in [5, 5.41) is 5.54. The highest BCUT2D eigenvalue weighted by molar-refractivity contribution is 5.99. The fourth-order valence-corrected chi connectivity index (χ4v) is 3.04. The summed E-state index contributed by atoms with van der Waals surface area (Å²) in [6.45, 7) is 9.56. The smallest absolute Gasteiger partial charge is 0.255 e. The molecule has 2 unspecified atom stereocenters. The van der Waals surface area contributed by atoms with Crippen LogP contribution in [-0.4, -0.2) is 42.4 Å². The van der Waals surface area contributed by atoms with Gasteiger partial charge >= 0.3 is 0 Å². The molecule has 0 aromatic carbocycles. The number of carbonyl (C=O) groups is 3. The fourth-order valence-electron chi connectivity index (χ4n) is 3.04. The fraction of sp³-hybridized carbons (Fsp3) is 0.632. The number of carbonyl (C=O) groups excluding carboxylic acids is 3. The summed E-state index contributed by atoms with van der Waals surface area (Å²) in [5.74, 6) is -0.405. The van der Waals surface area contributed by atoms with E-state index in [1.54, 1.807) is 13.0 Å². The molecule has 2 amide bonds. The summed E-state index contributed by atoms with van der Waals surface area (Å²) in [6.07, 6.45) is 2.17. The molecule has 0 aliphatic carbocycles. The van der Waals surface area contributed by atoms with Gasteiger partial charge in [0.15, 0.2) is 5.78 Å². The highest BCUT2D eigenvalue weighted by atomic mass is 16.5. The van der Waals surface area contributed by atoms with Crippen molar-refractivity contribution >= 4 is 17.6 Å². The van der Waals surface area contributed by atoms with E-state index in [0.717, 1.165) is 0 Å². The molecular formula is C19H28N2O5. The first-order valence-corrected chi connectivity index (χ1v) is 8.92. The average Bonchev–Trinajstić information content (AvgIpc) is 3.11. The zero-order chi connectivity index (χ0) is 19.5. The maximum absolute atomic E-state index is 12.8. The molecule has 1 saturated heterocycles. The molecular weight excluding hydrogens is 336 g/mol. The summed E-state index contributed by atoms with van der Waals surface area (Å²) in [6, 6.07) is 0.142. The van der Waals surface area contributed by atoms with Gasteiger partial charge in [0.1, 0.15) is 24.5 Å². The van der Waals surface area contributed by atoms with E-state index in [1.807, 2.05) is 27.7 Å². The number of hydrogen-bond donors (Lipinski definition) is 2. The van der Waals surface area contributed by atoms with Crippen molar-refractivity contribution in [1.29, 1.82) is 0 Å². The number of furan rings is 1. The topological polar surface area (TPSA) is 97.6 Å². The van der Waals surface area contributed by atoms with Crippen LogP contribution in [0.15, 0.2) is 16.7 Å². The van der Waals surface area contributed by atoms with E-state index in [9.17, 15) is 14.4 Å². The van der Waals surface area contributed by atoms with Crippen LogP contribution < -0.4 is 10.6 Å². The van der Waals surface area contributed by atoms with Gasteiger partial charge in [0.05, 0.1) is 17.9 Å². The molecule has 7 nitrogen and oxygen atoms in total. The second kappa shape index (κ2) is 8.03. The molecule has 0 radical (unpaired) electrons. The van der Waals surface area contributed by atoms with Crippen LogP contribution in [0.4, 0.5) is 0 Å². The number of hydrogen-bond acceptors (Lipinski definition) is 5. The molecule has 2 N–H and O–H groups in total. The van der Waals surface area contributed by atoms with Gasteiger partial charge in [0.25, 0.3) is 5.91 Å². The van der Waals surface area contributed by atoms with Crippen LogP contribution in [-0.2, 0) is 14.3 Å². The van der Waals surface area contributed by atoms with Crippen molar-refractivity contribution in [2.75, 3.05) is 6.61 Å². The van der Waals surface area contributed by atoms with Crippen molar-refractivity contribution < 1.29 is 23.5 Å². The van der Waals surface area contributed by atoms with E-state index >= 15 is 0 Å². The lowest BCUT2D eigenvalue weighted by Crippen LogP contribution is -2.54. The second-order valence-corrected chi connectivity index (χ2v) is 7.89. The van der Waals surface area contributed by atoms with Crippen LogP contribution in [0.25, 0.3) is 0 Å². The number of nitrogens with one attached hydrogen (secondary N) is 2. The van der Waals surface area contributed by atoms with Gasteiger partial charge in [0.2, 0.25) is 5.91 Å². The molecule has 0 spiro atoms. The Morgan fingerprint density at radius 3 is 2.58 bits per heavy atom. The number of ether oxygens (including phenoxy) is 1. The number of Topliss-reactive ketones (excluding diaryl/α,β-unsaturated/α-hetero) is 1. The first-order valence-electron chi connectivity index (χ1n) is 8.92. The molecule has 1 aliphatic heterocycles. The molecule has 1 aliphatic rings. The third kappa shape index (κ3) is 4.94. The van der Waals surface area contributed by atoms with Crippen LogP contribution in [0.2, 0.25) is 0 Å². The van der Waals surface area contributed by atoms with Gasteiger partial charge in [-0.15, -0.1) is 0 Å². The Kier molecular flexibility index (Phi) is 6.23. The zero-order valence-corrected chi connectivity index (χ0v) is 16.0. The SMILES string of the molecule is CCC1OCC(=O)C1NC(=O)[C@H](CC(C)(C)C)NC(=O)c1ccoc1C. The Labute approximate surface area is 153 Å². The number of aryl methyl sites for hydroxylation is 1. The summed E-state index contributed by atoms with van der Waals surface area (Å²) in [7, 11) is 0. The lowest BCUT2D eigenvalue weighted by atomic mass is 9.87. The molecule has 1 aromatic rings. The van der Waals surface area contributed by atoms with Crippen molar-refractivity contribution in [1.82, 2.24) is 10.6 Å². The zero-order valence-electron chi connectivity index (χ0n) is 16.0. The first-order chi connectivity index (χ1) is 12.1. The molecule has 3 atom stereocenters. The van der Waals surface area contributed by atoms with Gasteiger partial charge < -0.3 is 19.8 Å². The molecule has 2 heterocycles. The third-order valence-corrected chi connectivity index (χ3v) is 4.40. The van der Waals surface area contributed by atoms with Gasteiger partial charge in [-0.3, -0.25) is 14.4 Å². The predicted molar refractivity (Wildman–Crippen MR) is 95.7 cm³/mol. The molecule has 1 aromatic heterocycles. The van der Waals surface area contributed by atoms with Crippen molar-refractivity contribution in [2.45, 2.75) is 65.6 Å². The van der Waals surface area contributed by atoms with Crippen LogP contribution in [0, 0.1) is 12.3 Å². The number of rotatable bonds is 6. The number of amides is 2. The van der Waals surface area contributed by atoms with E-state index in [1.165, 1.54) is 6.26 Å². The Bertz CT molecular complexity index is 674. The Hall–Kier alpha value is -2.15. The Balaban J connectivity index is 2.13. The average molecular weight is 364 g/mol. The minimum Gasteiger partial charge on any atom is -0.469 e. The molecule has 0 bridgehead atoms. The largest absolute Gasteiger partial charge is 0.469 e. The van der Waals surface area contributed by atoms with E-state index in [0.29, 0.717) is 24.2 Å². The quantitative estimate of drug-likeness (QED) is 0.804. The molecule has 2 rings (SSSR count). The van der Waals surface area contributed by atoms with E-state index in [4.69, 9.17) is 9.15 Å². The Morgan fingerprint density at radius 2 is 2.04 bits per heavy atom. The molecule has 144 valence electrons. The molecule has 1 fully saturated rings. The highest BCUT2D eigenvalue weighted by Gasteiger charge is 2.38. The maximum atomic E-state index is 12.8. The monoisotopic (exact) mass is 364 g/mol. The van der Waals surface area contributed by atoms with Gasteiger partial charge in [-0.05, 0) is 31.2 Å². The first kappa shape index (κ1) is 20.2. The van der Waals surface area contributed by atoms with Crippen LogP contribution >= 0.6 is 0 Å². The van der Waals surface area contributed by atoms with Gasteiger partial charge in [-0.25, -0.2) is 0 Å². The molecule has 26 heavy (non-hydrogen) atoms. The second-order valence-electron chi connectivity index (χ2n) is 7.89. The summed E-state index contributed by atoms with van der Waals surface area (Å²) in [5.41, 5.74) is 0.199. The minimum absolute atomic E-state index is 0.00790. The molecule has 0 saturated carbocycles. The van der Waals surface area contributed by atoms with Crippen LogP contribution in [0.5, 0.6) is 0 Å². The van der Waals surface area contributed by atoms with Crippen molar-refractivity contribution in [3.63, 3.8) is 0 Å². The third-order valence-electron chi connectivity index (χ3n) is 4.40. The summed E-state index contributed by atoms with van der Waals surface area (Å²) < 4.78 is 10.6. The van der Waals surface area contributed by atoms with E-state index in [-0.39, 0.29) is 35.7 Å². The van der Waals surface area contributed by atoms with Gasteiger partial charge in [0, 0.05) is 0 Å². The minimum atomic E-state index is -0.761. The molecule has 7 heteroatoms. The lowest BCUT2D eigenvalue weighted by molar-refractivity contribution is -0.128. The van der Waals surface area contributed by atoms with Crippen molar-refractivity contribution in [3.8, 4) is 0 Å². The normalized spacial score (nSPS) is 21.5. The van der Waals surface area contributed by atoms with E-state index < -0.39 is 12.1 Å². The summed E-state index contributed by atoms with van der Waals surface area (Å²) in [4.78, 5) is 37.3. The van der Waals surface area contributed by atoms with Crippen LogP contribution in [0.1, 0.15) is 56.7 Å². The van der Waals surface area contributed by atoms with Crippen LogP contribution in [0.3, 0.4) is 0 Å². The summed E-state index contributed by atoms with van der Waals surface area (Å²) >= 11 is 0. The lowest BCUT2D eigenvalue weighted by Gasteiger charge is -2.27.